The smallest absolute Gasteiger partial charge is 0.270 e. The van der Waals surface area contributed by atoms with Gasteiger partial charge in [0.1, 0.15) is 11.6 Å². The molecule has 2 unspecified atom stereocenters. The fraction of sp³-hybridized carbons (Fsp3) is 0.435. The van der Waals surface area contributed by atoms with Crippen LogP contribution in [0.15, 0.2) is 35.3 Å². The molecule has 33 heavy (non-hydrogen) atoms. The third-order valence-corrected chi connectivity index (χ3v) is 7.48. The lowest BCUT2D eigenvalue weighted by Crippen LogP contribution is -2.36. The van der Waals surface area contributed by atoms with Crippen LogP contribution in [0.25, 0.3) is 11.3 Å². The molecule has 2 atom stereocenters. The number of rotatable bonds is 4. The van der Waals surface area contributed by atoms with Crippen LogP contribution in [0.4, 0.5) is 5.82 Å². The van der Waals surface area contributed by atoms with Gasteiger partial charge in [0, 0.05) is 17.7 Å². The number of hydrogen-bond acceptors (Lipinski definition) is 6. The number of carbonyl (C=O) groups is 1. The average Bonchev–Trinajstić information content (AvgIpc) is 3.35. The topological polar surface area (TPSA) is 114 Å². The Morgan fingerprint density at radius 2 is 2.03 bits per heavy atom. The zero-order valence-corrected chi connectivity index (χ0v) is 19.6. The van der Waals surface area contributed by atoms with Gasteiger partial charge < -0.3 is 14.8 Å². The molecule has 10 heteroatoms. The van der Waals surface area contributed by atoms with Crippen molar-refractivity contribution in [1.82, 2.24) is 20.0 Å². The Balaban J connectivity index is 1.59. The summed E-state index contributed by atoms with van der Waals surface area (Å²) < 4.78 is 13.0. The minimum absolute atomic E-state index is 0.0275. The van der Waals surface area contributed by atoms with Crippen LogP contribution < -0.4 is 15.6 Å². The van der Waals surface area contributed by atoms with E-state index in [1.165, 1.54) is 11.8 Å². The number of hydrogen-bond donors (Lipinski definition) is 3. The minimum atomic E-state index is -0.354. The maximum atomic E-state index is 13.3. The molecule has 0 radical (unpaired) electrons. The van der Waals surface area contributed by atoms with Crippen LogP contribution in [0.1, 0.15) is 49.1 Å². The fourth-order valence-electron chi connectivity index (χ4n) is 4.67. The van der Waals surface area contributed by atoms with Gasteiger partial charge in [-0.25, -0.2) is 0 Å². The predicted octanol–water partition coefficient (Wildman–Crippen LogP) is 3.48. The first kappa shape index (κ1) is 21.8. The Kier molecular flexibility index (Phi) is 5.57. The molecular weight excluding hydrogens is 442 g/mol. The van der Waals surface area contributed by atoms with E-state index in [1.54, 1.807) is 13.3 Å². The van der Waals surface area contributed by atoms with Crippen LogP contribution in [0.3, 0.4) is 0 Å². The maximum absolute atomic E-state index is 13.3. The first-order valence-corrected chi connectivity index (χ1v) is 12.0. The molecule has 0 bridgehead atoms. The van der Waals surface area contributed by atoms with Crippen molar-refractivity contribution in [2.75, 3.05) is 24.8 Å². The van der Waals surface area contributed by atoms with E-state index >= 15 is 0 Å². The highest BCUT2D eigenvalue weighted by molar-refractivity contribution is 8.00. The van der Waals surface area contributed by atoms with Gasteiger partial charge in [-0.15, -0.1) is 11.8 Å². The molecule has 9 nitrogen and oxygen atoms in total. The Labute approximate surface area is 195 Å². The van der Waals surface area contributed by atoms with E-state index in [1.807, 2.05) is 42.8 Å². The van der Waals surface area contributed by atoms with Crippen LogP contribution in [-0.2, 0) is 9.53 Å². The van der Waals surface area contributed by atoms with Crippen LogP contribution in [0.2, 0.25) is 0 Å². The summed E-state index contributed by atoms with van der Waals surface area (Å²) in [5.41, 5.74) is 2.65. The van der Waals surface area contributed by atoms with Crippen molar-refractivity contribution < 1.29 is 14.3 Å². The highest BCUT2D eigenvalue weighted by Gasteiger charge is 2.37. The zero-order chi connectivity index (χ0) is 23.2. The summed E-state index contributed by atoms with van der Waals surface area (Å²) in [5, 5.41) is 13.0. The second kappa shape index (κ2) is 8.42. The lowest BCUT2D eigenvalue weighted by Gasteiger charge is -2.36. The molecule has 4 heterocycles. The Morgan fingerprint density at radius 1 is 1.24 bits per heavy atom. The van der Waals surface area contributed by atoms with E-state index in [0.29, 0.717) is 18.0 Å². The Hall–Kier alpha value is -2.98. The lowest BCUT2D eigenvalue weighted by atomic mass is 9.94. The highest BCUT2D eigenvalue weighted by Crippen LogP contribution is 2.44. The van der Waals surface area contributed by atoms with Crippen LogP contribution >= 0.6 is 11.8 Å². The summed E-state index contributed by atoms with van der Waals surface area (Å²) in [6.07, 6.45) is 3.24. The van der Waals surface area contributed by atoms with Crippen molar-refractivity contribution in [3.05, 3.63) is 51.9 Å². The lowest BCUT2D eigenvalue weighted by molar-refractivity contribution is -0.113. The number of ether oxygens (including phenoxy) is 2. The van der Waals surface area contributed by atoms with Gasteiger partial charge in [-0.1, -0.05) is 0 Å². The molecule has 174 valence electrons. The number of amides is 1. The summed E-state index contributed by atoms with van der Waals surface area (Å²) in [4.78, 5) is 25.9. The molecular formula is C23H27N5O4S. The fourth-order valence-corrected chi connectivity index (χ4v) is 5.80. The third-order valence-electron chi connectivity index (χ3n) is 6.23. The monoisotopic (exact) mass is 469 g/mol. The number of methoxy groups -OCH3 is 1. The standard InChI is InChI=1S/C23H27N5O4S/c1-23(2)10-14(8-9-32-23)28-21-18(22(30)27-28)20(33-12-17(29)25-21)16-11-24-26-19(16)13-4-6-15(31-3)7-5-13/h4-7,11,14,20H,8-10,12H2,1-3H3,(H,24,26)(H,25,29)(H,27,30). The normalized spacial score (nSPS) is 22.3. The Morgan fingerprint density at radius 3 is 2.76 bits per heavy atom. The van der Waals surface area contributed by atoms with Crippen LogP contribution in [0.5, 0.6) is 5.75 Å². The van der Waals surface area contributed by atoms with Gasteiger partial charge in [-0.05, 0) is 51.0 Å². The molecule has 1 aromatic carbocycles. The second-order valence-corrected chi connectivity index (χ2v) is 10.1. The van der Waals surface area contributed by atoms with E-state index in [2.05, 4.69) is 20.6 Å². The SMILES string of the molecule is COc1ccc(-c2[nH]ncc2C2SCC(=O)Nc3c2c(=O)[nH]n3C2CCOC(C)(C)C2)cc1. The number of carbonyl (C=O) groups excluding carboxylic acids is 1. The first-order valence-electron chi connectivity index (χ1n) is 10.9. The molecule has 1 saturated heterocycles. The van der Waals surface area contributed by atoms with Crippen molar-refractivity contribution in [2.24, 2.45) is 0 Å². The van der Waals surface area contributed by atoms with Crippen molar-refractivity contribution in [1.29, 1.82) is 0 Å². The molecule has 0 spiro atoms. The minimum Gasteiger partial charge on any atom is -0.497 e. The maximum Gasteiger partial charge on any atom is 0.270 e. The highest BCUT2D eigenvalue weighted by atomic mass is 32.2. The molecule has 2 aliphatic rings. The molecule has 3 N–H and O–H groups in total. The molecule has 2 aromatic heterocycles. The summed E-state index contributed by atoms with van der Waals surface area (Å²) in [7, 11) is 1.63. The summed E-state index contributed by atoms with van der Waals surface area (Å²) in [5.74, 6) is 1.42. The van der Waals surface area contributed by atoms with Gasteiger partial charge in [-0.2, -0.15) is 5.10 Å². The van der Waals surface area contributed by atoms with Gasteiger partial charge in [0.05, 0.1) is 47.2 Å². The van der Waals surface area contributed by atoms with E-state index in [-0.39, 0.29) is 34.1 Å². The molecule has 2 aliphatic heterocycles. The molecule has 0 saturated carbocycles. The van der Waals surface area contributed by atoms with Crippen molar-refractivity contribution in [2.45, 2.75) is 43.6 Å². The number of nitrogens with zero attached hydrogens (tertiary/aromatic N) is 2. The first-order chi connectivity index (χ1) is 15.9. The second-order valence-electron chi connectivity index (χ2n) is 9.00. The van der Waals surface area contributed by atoms with Gasteiger partial charge >= 0.3 is 0 Å². The predicted molar refractivity (Wildman–Crippen MR) is 127 cm³/mol. The molecule has 1 amide bonds. The number of anilines is 1. The van der Waals surface area contributed by atoms with Crippen molar-refractivity contribution in [3.8, 4) is 17.0 Å². The van der Waals surface area contributed by atoms with E-state index in [0.717, 1.165) is 35.4 Å². The number of aromatic nitrogens is 4. The van der Waals surface area contributed by atoms with Crippen LogP contribution in [-0.4, -0.2) is 51.0 Å². The molecule has 0 aliphatic carbocycles. The average molecular weight is 470 g/mol. The van der Waals surface area contributed by atoms with Crippen molar-refractivity contribution >= 4 is 23.5 Å². The number of nitrogens with one attached hydrogen (secondary N) is 3. The number of fused-ring (bicyclic) bond motifs is 1. The quantitative estimate of drug-likeness (QED) is 0.539. The van der Waals surface area contributed by atoms with Crippen molar-refractivity contribution in [3.63, 3.8) is 0 Å². The third kappa shape index (κ3) is 4.08. The zero-order valence-electron chi connectivity index (χ0n) is 18.8. The van der Waals surface area contributed by atoms with Gasteiger partial charge in [0.15, 0.2) is 0 Å². The number of benzene rings is 1. The van der Waals surface area contributed by atoms with Gasteiger partial charge in [0.2, 0.25) is 5.91 Å². The molecule has 1 fully saturated rings. The van der Waals surface area contributed by atoms with Crippen LogP contribution in [0, 0.1) is 0 Å². The molecule has 3 aromatic rings. The summed E-state index contributed by atoms with van der Waals surface area (Å²) in [6, 6.07) is 7.68. The van der Waals surface area contributed by atoms with E-state index in [4.69, 9.17) is 9.47 Å². The summed E-state index contributed by atoms with van der Waals surface area (Å²) >= 11 is 1.43. The van der Waals surface area contributed by atoms with E-state index < -0.39 is 0 Å². The number of thioether (sulfide) groups is 1. The van der Waals surface area contributed by atoms with Gasteiger partial charge in [-0.3, -0.25) is 24.5 Å². The Bertz CT molecular complexity index is 1230. The number of aromatic amines is 2. The largest absolute Gasteiger partial charge is 0.497 e. The number of H-pyrrole nitrogens is 2. The summed E-state index contributed by atoms with van der Waals surface area (Å²) in [6.45, 7) is 4.69. The van der Waals surface area contributed by atoms with Gasteiger partial charge in [0.25, 0.3) is 5.56 Å². The molecule has 5 rings (SSSR count). The van der Waals surface area contributed by atoms with E-state index in [9.17, 15) is 9.59 Å².